The molecule has 1 aromatic carbocycles. The quantitative estimate of drug-likeness (QED) is 0.321. The smallest absolute Gasteiger partial charge is 0.274 e. The number of hydrogen-bond acceptors (Lipinski definition) is 3. The number of thiophene rings is 1. The summed E-state index contributed by atoms with van der Waals surface area (Å²) in [5.74, 6) is -6.99. The predicted octanol–water partition coefficient (Wildman–Crippen LogP) is 4.28. The van der Waals surface area contributed by atoms with Crippen LogP contribution in [0.15, 0.2) is 34.4 Å². The number of fused-ring (bicyclic) bond motifs is 1. The predicted molar refractivity (Wildman–Crippen MR) is 89.1 cm³/mol. The van der Waals surface area contributed by atoms with Crippen LogP contribution in [0.1, 0.15) is 5.69 Å². The third-order valence-electron chi connectivity index (χ3n) is 3.95. The van der Waals surface area contributed by atoms with Crippen LogP contribution in [0.25, 0.3) is 27.3 Å². The maximum absolute atomic E-state index is 14.1. The fourth-order valence-corrected chi connectivity index (χ4v) is 3.60. The minimum absolute atomic E-state index is 0.185. The highest BCUT2D eigenvalue weighted by Crippen LogP contribution is 2.32. The molecule has 0 bridgehead atoms. The molecule has 0 aliphatic heterocycles. The second-order valence-electron chi connectivity index (χ2n) is 5.57. The molecule has 26 heavy (non-hydrogen) atoms. The molecule has 9 heteroatoms. The Morgan fingerprint density at radius 2 is 1.88 bits per heavy atom. The van der Waals surface area contributed by atoms with Crippen molar-refractivity contribution in [1.82, 2.24) is 14.6 Å². The molecule has 4 aromatic rings. The third-order valence-corrected chi connectivity index (χ3v) is 4.84. The standard InChI is InChI=1S/C17H9F4N3OS/c1-7-13(11-3-2-4-26-11)17-22-10(6-12(25)24(17)23-7)8-5-9(18)15(20)16(21)14(8)19/h2-6,22H,1H3. The zero-order valence-corrected chi connectivity index (χ0v) is 13.9. The fraction of sp³-hybridized carbons (Fsp3) is 0.0588. The first-order valence-electron chi connectivity index (χ1n) is 7.38. The summed E-state index contributed by atoms with van der Waals surface area (Å²) in [6.45, 7) is 1.70. The number of nitrogens with zero attached hydrogens (tertiary/aromatic N) is 2. The van der Waals surface area contributed by atoms with E-state index >= 15 is 0 Å². The van der Waals surface area contributed by atoms with Gasteiger partial charge in [0.05, 0.1) is 17.0 Å². The highest BCUT2D eigenvalue weighted by atomic mass is 32.1. The lowest BCUT2D eigenvalue weighted by Gasteiger charge is -2.07. The van der Waals surface area contributed by atoms with Crippen molar-refractivity contribution in [3.8, 4) is 21.7 Å². The van der Waals surface area contributed by atoms with Crippen molar-refractivity contribution in [1.29, 1.82) is 0 Å². The Morgan fingerprint density at radius 3 is 2.58 bits per heavy atom. The van der Waals surface area contributed by atoms with Crippen molar-refractivity contribution in [2.45, 2.75) is 6.92 Å². The summed E-state index contributed by atoms with van der Waals surface area (Å²) in [4.78, 5) is 16.0. The Balaban J connectivity index is 2.05. The average molecular weight is 379 g/mol. The molecule has 0 aliphatic carbocycles. The lowest BCUT2D eigenvalue weighted by molar-refractivity contribution is 0.410. The minimum atomic E-state index is -1.94. The van der Waals surface area contributed by atoms with Gasteiger partial charge in [0, 0.05) is 16.5 Å². The molecular weight excluding hydrogens is 370 g/mol. The molecule has 0 amide bonds. The largest absolute Gasteiger partial charge is 0.339 e. The first-order valence-corrected chi connectivity index (χ1v) is 8.26. The van der Waals surface area contributed by atoms with E-state index in [1.807, 2.05) is 17.5 Å². The normalized spacial score (nSPS) is 11.4. The molecule has 3 heterocycles. The first-order chi connectivity index (χ1) is 12.4. The molecule has 0 saturated carbocycles. The summed E-state index contributed by atoms with van der Waals surface area (Å²) >= 11 is 1.41. The molecule has 0 spiro atoms. The van der Waals surface area contributed by atoms with E-state index in [-0.39, 0.29) is 11.3 Å². The van der Waals surface area contributed by atoms with Gasteiger partial charge in [-0.1, -0.05) is 6.07 Å². The van der Waals surface area contributed by atoms with Gasteiger partial charge in [0.2, 0.25) is 0 Å². The maximum Gasteiger partial charge on any atom is 0.274 e. The molecule has 0 unspecified atom stereocenters. The molecule has 3 aromatic heterocycles. The van der Waals surface area contributed by atoms with Crippen LogP contribution in [0.2, 0.25) is 0 Å². The molecular formula is C17H9F4N3OS. The monoisotopic (exact) mass is 379 g/mol. The Morgan fingerprint density at radius 1 is 1.12 bits per heavy atom. The third kappa shape index (κ3) is 2.35. The number of H-pyrrole nitrogens is 1. The molecule has 0 atom stereocenters. The van der Waals surface area contributed by atoms with E-state index in [4.69, 9.17) is 0 Å². The van der Waals surface area contributed by atoms with Crippen LogP contribution < -0.4 is 5.56 Å². The summed E-state index contributed by atoms with van der Waals surface area (Å²) in [5.41, 5.74) is 0.0194. The number of rotatable bonds is 2. The minimum Gasteiger partial charge on any atom is -0.339 e. The van der Waals surface area contributed by atoms with E-state index < -0.39 is 34.4 Å². The number of nitrogens with one attached hydrogen (secondary N) is 1. The van der Waals surface area contributed by atoms with E-state index in [0.717, 1.165) is 15.5 Å². The van der Waals surface area contributed by atoms with Gasteiger partial charge < -0.3 is 4.98 Å². The van der Waals surface area contributed by atoms with Crippen molar-refractivity contribution in [2.75, 3.05) is 0 Å². The van der Waals surface area contributed by atoms with Gasteiger partial charge in [0.25, 0.3) is 5.56 Å². The van der Waals surface area contributed by atoms with Crippen molar-refractivity contribution in [3.05, 3.63) is 69.0 Å². The zero-order valence-electron chi connectivity index (χ0n) is 13.1. The molecule has 4 rings (SSSR count). The number of hydrogen-bond donors (Lipinski definition) is 1. The average Bonchev–Trinajstić information content (AvgIpc) is 3.23. The number of aromatic amines is 1. The maximum atomic E-state index is 14.1. The Hall–Kier alpha value is -2.94. The van der Waals surface area contributed by atoms with Crippen molar-refractivity contribution in [2.24, 2.45) is 0 Å². The number of halogens is 4. The van der Waals surface area contributed by atoms with E-state index in [1.165, 1.54) is 11.3 Å². The van der Waals surface area contributed by atoms with Crippen molar-refractivity contribution in [3.63, 3.8) is 0 Å². The van der Waals surface area contributed by atoms with Gasteiger partial charge in [0.15, 0.2) is 23.3 Å². The molecule has 0 aliphatic rings. The molecule has 0 fully saturated rings. The van der Waals surface area contributed by atoms with Crippen LogP contribution in [-0.4, -0.2) is 14.6 Å². The SMILES string of the molecule is Cc1nn2c(=O)cc(-c3cc(F)c(F)c(F)c3F)[nH]c2c1-c1cccs1. The first kappa shape index (κ1) is 16.5. The number of aromatic nitrogens is 3. The molecule has 132 valence electrons. The molecule has 4 nitrogen and oxygen atoms in total. The van der Waals surface area contributed by atoms with Crippen LogP contribution in [0, 0.1) is 30.2 Å². The number of aryl methyl sites for hydroxylation is 1. The highest BCUT2D eigenvalue weighted by Gasteiger charge is 2.22. The summed E-state index contributed by atoms with van der Waals surface area (Å²) < 4.78 is 55.5. The van der Waals surface area contributed by atoms with Gasteiger partial charge in [-0.2, -0.15) is 9.61 Å². The Bertz CT molecular complexity index is 1210. The lowest BCUT2D eigenvalue weighted by Crippen LogP contribution is -2.15. The van der Waals surface area contributed by atoms with Crippen LogP contribution in [-0.2, 0) is 0 Å². The lowest BCUT2D eigenvalue weighted by atomic mass is 10.1. The second-order valence-corrected chi connectivity index (χ2v) is 6.51. The Kier molecular flexibility index (Phi) is 3.69. The molecule has 0 radical (unpaired) electrons. The van der Waals surface area contributed by atoms with Crippen LogP contribution in [0.3, 0.4) is 0 Å². The summed E-state index contributed by atoms with van der Waals surface area (Å²) in [6.07, 6.45) is 0. The van der Waals surface area contributed by atoms with Crippen LogP contribution in [0.4, 0.5) is 17.6 Å². The summed E-state index contributed by atoms with van der Waals surface area (Å²) in [6, 6.07) is 5.09. The fourth-order valence-electron chi connectivity index (χ4n) is 2.78. The molecule has 0 saturated heterocycles. The van der Waals surface area contributed by atoms with Crippen molar-refractivity contribution < 1.29 is 17.6 Å². The number of benzene rings is 1. The van der Waals surface area contributed by atoms with Crippen LogP contribution >= 0.6 is 11.3 Å². The van der Waals surface area contributed by atoms with E-state index in [0.29, 0.717) is 17.3 Å². The van der Waals surface area contributed by atoms with Crippen molar-refractivity contribution >= 4 is 17.0 Å². The van der Waals surface area contributed by atoms with E-state index in [2.05, 4.69) is 10.1 Å². The van der Waals surface area contributed by atoms with Crippen LogP contribution in [0.5, 0.6) is 0 Å². The second kappa shape index (κ2) is 5.80. The van der Waals surface area contributed by atoms with Gasteiger partial charge in [0.1, 0.15) is 5.65 Å². The topological polar surface area (TPSA) is 50.2 Å². The van der Waals surface area contributed by atoms with Gasteiger partial charge >= 0.3 is 0 Å². The van der Waals surface area contributed by atoms with E-state index in [1.54, 1.807) is 6.92 Å². The zero-order chi connectivity index (χ0) is 18.6. The Labute approximate surface area is 147 Å². The highest BCUT2D eigenvalue weighted by molar-refractivity contribution is 7.13. The van der Waals surface area contributed by atoms with Gasteiger partial charge in [-0.25, -0.2) is 17.6 Å². The summed E-state index contributed by atoms with van der Waals surface area (Å²) in [5, 5.41) is 5.99. The van der Waals surface area contributed by atoms with Gasteiger partial charge in [-0.3, -0.25) is 4.79 Å². The molecule has 1 N–H and O–H groups in total. The summed E-state index contributed by atoms with van der Waals surface area (Å²) in [7, 11) is 0. The van der Waals surface area contributed by atoms with E-state index in [9.17, 15) is 22.4 Å². The van der Waals surface area contributed by atoms with Gasteiger partial charge in [-0.15, -0.1) is 11.3 Å². The van der Waals surface area contributed by atoms with Gasteiger partial charge in [-0.05, 0) is 24.4 Å².